The van der Waals surface area contributed by atoms with Gasteiger partial charge in [0.15, 0.2) is 0 Å². The highest BCUT2D eigenvalue weighted by atomic mass is 16.5. The lowest BCUT2D eigenvalue weighted by Gasteiger charge is -2.27. The average Bonchev–Trinajstić information content (AvgIpc) is 2.38. The van der Waals surface area contributed by atoms with Gasteiger partial charge in [0.05, 0.1) is 7.11 Å². The van der Waals surface area contributed by atoms with Gasteiger partial charge in [0.1, 0.15) is 5.75 Å². The highest BCUT2D eigenvalue weighted by molar-refractivity contribution is 5.42. The van der Waals surface area contributed by atoms with Gasteiger partial charge in [0.25, 0.3) is 0 Å². The van der Waals surface area contributed by atoms with Gasteiger partial charge >= 0.3 is 0 Å². The molecule has 1 aromatic rings. The highest BCUT2D eigenvalue weighted by Gasteiger charge is 2.22. The van der Waals surface area contributed by atoms with Crippen molar-refractivity contribution in [3.05, 3.63) is 29.3 Å². The summed E-state index contributed by atoms with van der Waals surface area (Å²) < 4.78 is 5.53. The fraction of sp³-hybridized carbons (Fsp3) is 0.625. The zero-order chi connectivity index (χ0) is 13.2. The van der Waals surface area contributed by atoms with Crippen LogP contribution in [0.2, 0.25) is 0 Å². The Morgan fingerprint density at radius 3 is 2.39 bits per heavy atom. The van der Waals surface area contributed by atoms with Crippen LogP contribution in [0.1, 0.15) is 63.0 Å². The van der Waals surface area contributed by atoms with Gasteiger partial charge in [-0.3, -0.25) is 0 Å². The second-order valence-electron chi connectivity index (χ2n) is 6.01. The number of rotatable bonds is 3. The first-order valence-electron chi connectivity index (χ1n) is 6.99. The van der Waals surface area contributed by atoms with Gasteiger partial charge in [-0.05, 0) is 49.8 Å². The smallest absolute Gasteiger partial charge is 0.122 e. The molecule has 0 aromatic heterocycles. The van der Waals surface area contributed by atoms with Gasteiger partial charge in [0, 0.05) is 5.54 Å². The van der Waals surface area contributed by atoms with E-state index in [0.717, 1.165) is 5.75 Å². The lowest BCUT2D eigenvalue weighted by atomic mass is 9.81. The number of hydrogen-bond acceptors (Lipinski definition) is 2. The molecule has 1 saturated carbocycles. The van der Waals surface area contributed by atoms with Crippen molar-refractivity contribution in [1.29, 1.82) is 0 Å². The quantitative estimate of drug-likeness (QED) is 0.878. The van der Waals surface area contributed by atoms with Crippen molar-refractivity contribution in [2.45, 2.75) is 57.4 Å². The van der Waals surface area contributed by atoms with E-state index in [4.69, 9.17) is 10.5 Å². The molecular formula is C16H25NO. The van der Waals surface area contributed by atoms with E-state index in [1.165, 1.54) is 43.2 Å². The van der Waals surface area contributed by atoms with Crippen molar-refractivity contribution in [1.82, 2.24) is 0 Å². The maximum Gasteiger partial charge on any atom is 0.122 e. The largest absolute Gasteiger partial charge is 0.496 e. The van der Waals surface area contributed by atoms with E-state index in [1.54, 1.807) is 7.11 Å². The van der Waals surface area contributed by atoms with Crippen LogP contribution in [-0.4, -0.2) is 7.11 Å². The Bertz CT molecular complexity index is 400. The summed E-state index contributed by atoms with van der Waals surface area (Å²) in [6, 6.07) is 6.42. The highest BCUT2D eigenvalue weighted by Crippen LogP contribution is 2.38. The first kappa shape index (κ1) is 13.4. The van der Waals surface area contributed by atoms with Crippen LogP contribution in [0.15, 0.2) is 18.2 Å². The molecular weight excluding hydrogens is 222 g/mol. The molecule has 0 spiro atoms. The van der Waals surface area contributed by atoms with E-state index in [2.05, 4.69) is 32.0 Å². The van der Waals surface area contributed by atoms with Gasteiger partial charge in [-0.15, -0.1) is 0 Å². The number of ether oxygens (including phenoxy) is 1. The summed E-state index contributed by atoms with van der Waals surface area (Å²) in [5.74, 6) is 1.67. The topological polar surface area (TPSA) is 35.2 Å². The molecule has 0 unspecified atom stereocenters. The Hall–Kier alpha value is -1.02. The first-order chi connectivity index (χ1) is 8.52. The number of benzene rings is 1. The lowest BCUT2D eigenvalue weighted by molar-refractivity contribution is 0.386. The third kappa shape index (κ3) is 2.86. The Kier molecular flexibility index (Phi) is 3.96. The summed E-state index contributed by atoms with van der Waals surface area (Å²) in [5, 5.41) is 0. The zero-order valence-corrected chi connectivity index (χ0v) is 11.8. The molecule has 2 heteroatoms. The molecule has 1 aromatic carbocycles. The predicted molar refractivity (Wildman–Crippen MR) is 76.0 cm³/mol. The van der Waals surface area contributed by atoms with Crippen LogP contribution in [0.5, 0.6) is 5.75 Å². The molecule has 1 aliphatic rings. The van der Waals surface area contributed by atoms with Gasteiger partial charge in [-0.1, -0.05) is 31.4 Å². The molecule has 0 atom stereocenters. The van der Waals surface area contributed by atoms with Crippen molar-refractivity contribution in [3.63, 3.8) is 0 Å². The summed E-state index contributed by atoms with van der Waals surface area (Å²) in [5.41, 5.74) is 8.48. The molecule has 2 rings (SSSR count). The minimum atomic E-state index is -0.282. The summed E-state index contributed by atoms with van der Waals surface area (Å²) in [6.45, 7) is 4.11. The molecule has 18 heavy (non-hydrogen) atoms. The van der Waals surface area contributed by atoms with Crippen LogP contribution in [-0.2, 0) is 5.54 Å². The third-order valence-corrected chi connectivity index (χ3v) is 4.02. The molecule has 0 aliphatic heterocycles. The van der Waals surface area contributed by atoms with E-state index < -0.39 is 0 Å². The average molecular weight is 247 g/mol. The van der Waals surface area contributed by atoms with Gasteiger partial charge in [-0.25, -0.2) is 0 Å². The van der Waals surface area contributed by atoms with Crippen molar-refractivity contribution >= 4 is 0 Å². The van der Waals surface area contributed by atoms with Crippen molar-refractivity contribution in [2.75, 3.05) is 7.11 Å². The van der Waals surface area contributed by atoms with Crippen molar-refractivity contribution in [2.24, 2.45) is 5.73 Å². The molecule has 100 valence electrons. The zero-order valence-electron chi connectivity index (χ0n) is 11.8. The SMILES string of the molecule is COc1ccc(C(C)(C)N)cc1C1CCCCC1. The lowest BCUT2D eigenvalue weighted by Crippen LogP contribution is -2.28. The fourth-order valence-corrected chi connectivity index (χ4v) is 2.87. The second kappa shape index (κ2) is 5.31. The Morgan fingerprint density at radius 2 is 1.83 bits per heavy atom. The van der Waals surface area contributed by atoms with E-state index >= 15 is 0 Å². The van der Waals surface area contributed by atoms with Gasteiger partial charge < -0.3 is 10.5 Å². The Morgan fingerprint density at radius 1 is 1.17 bits per heavy atom. The maximum atomic E-state index is 6.21. The molecule has 1 aliphatic carbocycles. The molecule has 0 heterocycles. The molecule has 2 N–H and O–H groups in total. The number of hydrogen-bond donors (Lipinski definition) is 1. The maximum absolute atomic E-state index is 6.21. The Balaban J connectivity index is 2.35. The van der Waals surface area contributed by atoms with E-state index in [9.17, 15) is 0 Å². The molecule has 2 nitrogen and oxygen atoms in total. The van der Waals surface area contributed by atoms with Crippen LogP contribution in [0.4, 0.5) is 0 Å². The summed E-state index contributed by atoms with van der Waals surface area (Å²) in [6.07, 6.45) is 6.62. The van der Waals surface area contributed by atoms with Crippen LogP contribution in [0.25, 0.3) is 0 Å². The second-order valence-corrected chi connectivity index (χ2v) is 6.01. The predicted octanol–water partition coefficient (Wildman–Crippen LogP) is 3.94. The minimum Gasteiger partial charge on any atom is -0.496 e. The normalized spacial score (nSPS) is 17.8. The van der Waals surface area contributed by atoms with E-state index in [-0.39, 0.29) is 5.54 Å². The van der Waals surface area contributed by atoms with Crippen LogP contribution in [0, 0.1) is 0 Å². The monoisotopic (exact) mass is 247 g/mol. The number of nitrogens with two attached hydrogens (primary N) is 1. The molecule has 0 amide bonds. The van der Waals surface area contributed by atoms with E-state index in [0.29, 0.717) is 5.92 Å². The van der Waals surface area contributed by atoms with Gasteiger partial charge in [0.2, 0.25) is 0 Å². The van der Waals surface area contributed by atoms with Crippen molar-refractivity contribution in [3.8, 4) is 5.75 Å². The minimum absolute atomic E-state index is 0.282. The third-order valence-electron chi connectivity index (χ3n) is 4.02. The standard InChI is InChI=1S/C16H25NO/c1-16(2,17)13-9-10-15(18-3)14(11-13)12-7-5-4-6-8-12/h9-12H,4-8,17H2,1-3H3. The molecule has 1 fully saturated rings. The van der Waals surface area contributed by atoms with E-state index in [1.807, 2.05) is 0 Å². The first-order valence-corrected chi connectivity index (χ1v) is 6.99. The molecule has 0 saturated heterocycles. The summed E-state index contributed by atoms with van der Waals surface area (Å²) >= 11 is 0. The summed E-state index contributed by atoms with van der Waals surface area (Å²) in [4.78, 5) is 0. The number of methoxy groups -OCH3 is 1. The molecule has 0 bridgehead atoms. The van der Waals surface area contributed by atoms with Gasteiger partial charge in [-0.2, -0.15) is 0 Å². The molecule has 0 radical (unpaired) electrons. The van der Waals surface area contributed by atoms with Crippen LogP contribution in [0.3, 0.4) is 0 Å². The fourth-order valence-electron chi connectivity index (χ4n) is 2.87. The van der Waals surface area contributed by atoms with Crippen LogP contribution >= 0.6 is 0 Å². The Labute approximate surface area is 111 Å². The van der Waals surface area contributed by atoms with Crippen molar-refractivity contribution < 1.29 is 4.74 Å². The van der Waals surface area contributed by atoms with Crippen LogP contribution < -0.4 is 10.5 Å². The summed E-state index contributed by atoms with van der Waals surface area (Å²) in [7, 11) is 1.76.